The summed E-state index contributed by atoms with van der Waals surface area (Å²) in [5, 5.41) is 4.60. The molecule has 0 radical (unpaired) electrons. The summed E-state index contributed by atoms with van der Waals surface area (Å²) in [6.07, 6.45) is 9.92. The number of benzene rings is 3. The van der Waals surface area contributed by atoms with Crippen LogP contribution < -0.4 is 15.6 Å². The van der Waals surface area contributed by atoms with E-state index in [0.717, 1.165) is 12.8 Å². The normalized spacial score (nSPS) is 17.5. The van der Waals surface area contributed by atoms with E-state index in [1.54, 1.807) is 21.1 Å². The first kappa shape index (κ1) is 30.3. The van der Waals surface area contributed by atoms with Gasteiger partial charge in [-0.05, 0) is 106 Å². The van der Waals surface area contributed by atoms with Crippen molar-refractivity contribution in [2.75, 3.05) is 0 Å². The molecule has 1 aliphatic carbocycles. The van der Waals surface area contributed by atoms with Gasteiger partial charge in [-0.25, -0.2) is 0 Å². The van der Waals surface area contributed by atoms with Crippen molar-refractivity contribution in [2.24, 2.45) is 0 Å². The third kappa shape index (κ3) is 5.47. The maximum Gasteiger partial charge on any atom is 0.161 e. The van der Waals surface area contributed by atoms with E-state index in [1.807, 2.05) is 0 Å². The van der Waals surface area contributed by atoms with Crippen LogP contribution >= 0.6 is 0 Å². The Bertz CT molecular complexity index is 1330. The van der Waals surface area contributed by atoms with Crippen molar-refractivity contribution in [3.8, 4) is 0 Å². The molecule has 0 bridgehead atoms. The lowest BCUT2D eigenvalue weighted by Crippen LogP contribution is -2.73. The molecule has 1 atom stereocenters. The van der Waals surface area contributed by atoms with Crippen molar-refractivity contribution in [1.29, 1.82) is 0 Å². The standard InChI is InChI=1S/C39H52Si/c1-11-13-15-34-23-35(16-14-12-2)25-38(24-34)40(36-19-27(3)17-28(4)20-36,37-21-29(5)18-30(6)22-37)39(10)26-31(7)32(8)33(39)9/h17-26H,11-16H2,1-10H3. The van der Waals surface area contributed by atoms with E-state index in [0.29, 0.717) is 0 Å². The molecular formula is C39H52Si. The summed E-state index contributed by atoms with van der Waals surface area (Å²) in [6, 6.07) is 22.7. The van der Waals surface area contributed by atoms with Crippen molar-refractivity contribution in [1.82, 2.24) is 0 Å². The molecule has 3 aromatic rings. The van der Waals surface area contributed by atoms with Gasteiger partial charge >= 0.3 is 0 Å². The van der Waals surface area contributed by atoms with Gasteiger partial charge in [0.2, 0.25) is 0 Å². The second-order valence-electron chi connectivity index (χ2n) is 13.0. The average Bonchev–Trinajstić information content (AvgIpc) is 3.08. The lowest BCUT2D eigenvalue weighted by molar-refractivity contribution is 0.781. The number of hydrogen-bond acceptors (Lipinski definition) is 0. The predicted molar refractivity (Wildman–Crippen MR) is 181 cm³/mol. The van der Waals surface area contributed by atoms with Gasteiger partial charge in [0.05, 0.1) is 0 Å². The minimum atomic E-state index is -2.66. The van der Waals surface area contributed by atoms with Crippen LogP contribution in [0.5, 0.6) is 0 Å². The Morgan fingerprint density at radius 1 is 0.550 bits per heavy atom. The van der Waals surface area contributed by atoms with Gasteiger partial charge in [0, 0.05) is 5.04 Å². The van der Waals surface area contributed by atoms with Crippen LogP contribution in [0, 0.1) is 27.7 Å². The lowest BCUT2D eigenvalue weighted by Gasteiger charge is -2.48. The maximum absolute atomic E-state index is 2.66. The molecule has 1 unspecified atom stereocenters. The first-order chi connectivity index (χ1) is 19.0. The van der Waals surface area contributed by atoms with Gasteiger partial charge in [0.1, 0.15) is 0 Å². The van der Waals surface area contributed by atoms with Crippen LogP contribution in [0.1, 0.15) is 101 Å². The Labute approximate surface area is 246 Å². The molecule has 1 heteroatoms. The van der Waals surface area contributed by atoms with Crippen LogP contribution in [-0.4, -0.2) is 8.07 Å². The molecule has 1 aliphatic rings. The molecule has 0 saturated carbocycles. The van der Waals surface area contributed by atoms with Gasteiger partial charge < -0.3 is 0 Å². The van der Waals surface area contributed by atoms with E-state index in [2.05, 4.69) is 130 Å². The molecule has 40 heavy (non-hydrogen) atoms. The molecule has 0 amide bonds. The predicted octanol–water partition coefficient (Wildman–Crippen LogP) is 9.13. The second-order valence-corrected chi connectivity index (χ2v) is 17.3. The fourth-order valence-electron chi connectivity index (χ4n) is 7.54. The lowest BCUT2D eigenvalue weighted by atomic mass is 10.0. The first-order valence-electron chi connectivity index (χ1n) is 15.6. The van der Waals surface area contributed by atoms with E-state index >= 15 is 0 Å². The van der Waals surface area contributed by atoms with Crippen molar-refractivity contribution >= 4 is 23.6 Å². The molecular weight excluding hydrogens is 497 g/mol. The monoisotopic (exact) mass is 548 g/mol. The number of unbranched alkanes of at least 4 members (excludes halogenated alkanes) is 2. The van der Waals surface area contributed by atoms with E-state index in [4.69, 9.17) is 0 Å². The summed E-state index contributed by atoms with van der Waals surface area (Å²) >= 11 is 0. The second kappa shape index (κ2) is 12.1. The van der Waals surface area contributed by atoms with Crippen LogP contribution in [0.4, 0.5) is 0 Å². The first-order valence-corrected chi connectivity index (χ1v) is 17.6. The number of hydrogen-bond donors (Lipinski definition) is 0. The fraction of sp³-hybridized carbons (Fsp3) is 0.436. The molecule has 3 aromatic carbocycles. The van der Waals surface area contributed by atoms with E-state index < -0.39 is 8.07 Å². The molecule has 212 valence electrons. The molecule has 4 rings (SSSR count). The zero-order valence-corrected chi connectivity index (χ0v) is 28.0. The van der Waals surface area contributed by atoms with Crippen molar-refractivity contribution in [2.45, 2.75) is 113 Å². The van der Waals surface area contributed by atoms with E-state index in [-0.39, 0.29) is 5.04 Å². The Balaban J connectivity index is 2.24. The minimum absolute atomic E-state index is 0.0763. The topological polar surface area (TPSA) is 0 Å². The Morgan fingerprint density at radius 2 is 0.950 bits per heavy atom. The third-order valence-corrected chi connectivity index (χ3v) is 15.2. The zero-order valence-electron chi connectivity index (χ0n) is 27.0. The molecule has 0 nitrogen and oxygen atoms in total. The van der Waals surface area contributed by atoms with Crippen LogP contribution in [0.25, 0.3) is 0 Å². The maximum atomic E-state index is 2.66. The van der Waals surface area contributed by atoms with Crippen molar-refractivity contribution in [3.05, 3.63) is 111 Å². The molecule has 0 fully saturated rings. The minimum Gasteiger partial charge on any atom is -0.0730 e. The Kier molecular flexibility index (Phi) is 9.15. The summed E-state index contributed by atoms with van der Waals surface area (Å²) in [7, 11) is -2.66. The van der Waals surface area contributed by atoms with E-state index in [1.165, 1.54) is 70.2 Å². The highest BCUT2D eigenvalue weighted by Crippen LogP contribution is 2.53. The molecule has 0 N–H and O–H groups in total. The summed E-state index contributed by atoms with van der Waals surface area (Å²) in [4.78, 5) is 0. The largest absolute Gasteiger partial charge is 0.161 e. The molecule has 0 heterocycles. The average molecular weight is 549 g/mol. The van der Waals surface area contributed by atoms with Crippen LogP contribution in [0.15, 0.2) is 77.4 Å². The fourth-order valence-corrected chi connectivity index (χ4v) is 14.1. The highest BCUT2D eigenvalue weighted by atomic mass is 28.3. The molecule has 0 aliphatic heterocycles. The van der Waals surface area contributed by atoms with Gasteiger partial charge in [-0.3, -0.25) is 0 Å². The Morgan fingerprint density at radius 3 is 1.30 bits per heavy atom. The van der Waals surface area contributed by atoms with Crippen molar-refractivity contribution in [3.63, 3.8) is 0 Å². The van der Waals surface area contributed by atoms with Gasteiger partial charge in [-0.2, -0.15) is 0 Å². The van der Waals surface area contributed by atoms with Gasteiger partial charge in [-0.1, -0.05) is 128 Å². The SMILES string of the molecule is CCCCc1cc(CCCC)cc([Si](c2cc(C)cc(C)c2)(c2cc(C)cc(C)c2)C2(C)C=C(C)C(C)=C2C)c1. The Hall–Kier alpha value is -2.64. The zero-order chi connectivity index (χ0) is 29.2. The van der Waals surface area contributed by atoms with E-state index in [9.17, 15) is 0 Å². The molecule has 0 aromatic heterocycles. The summed E-state index contributed by atoms with van der Waals surface area (Å²) in [5.41, 5.74) is 13.0. The van der Waals surface area contributed by atoms with Crippen molar-refractivity contribution < 1.29 is 0 Å². The summed E-state index contributed by atoms with van der Waals surface area (Å²) in [6.45, 7) is 23.5. The highest BCUT2D eigenvalue weighted by molar-refractivity contribution is 7.14. The highest BCUT2D eigenvalue weighted by Gasteiger charge is 2.56. The third-order valence-electron chi connectivity index (χ3n) is 9.65. The van der Waals surface area contributed by atoms with Crippen LogP contribution in [0.2, 0.25) is 5.04 Å². The number of allylic oxidation sites excluding steroid dienone is 4. The smallest absolute Gasteiger partial charge is 0.0730 e. The number of rotatable bonds is 10. The number of aryl methyl sites for hydroxylation is 6. The van der Waals surface area contributed by atoms with Gasteiger partial charge in [0.25, 0.3) is 0 Å². The molecule has 0 spiro atoms. The quantitative estimate of drug-likeness (QED) is 0.175. The summed E-state index contributed by atoms with van der Waals surface area (Å²) in [5.74, 6) is 0. The van der Waals surface area contributed by atoms with Crippen LogP contribution in [0.3, 0.4) is 0 Å². The summed E-state index contributed by atoms with van der Waals surface area (Å²) < 4.78 is 0. The van der Waals surface area contributed by atoms with Crippen LogP contribution in [-0.2, 0) is 12.8 Å². The molecule has 0 saturated heterocycles. The van der Waals surface area contributed by atoms with Gasteiger partial charge in [0.15, 0.2) is 8.07 Å². The van der Waals surface area contributed by atoms with Gasteiger partial charge in [-0.15, -0.1) is 0 Å².